The topological polar surface area (TPSA) is 9.23 Å². The molecule has 2 aromatic rings. The van der Waals surface area contributed by atoms with E-state index in [-0.39, 0.29) is 20.9 Å². The molecule has 0 N–H and O–H groups in total. The molecule has 0 radical (unpaired) electrons. The normalized spacial score (nSPS) is 10.4. The van der Waals surface area contributed by atoms with Crippen LogP contribution in [0.15, 0.2) is 48.5 Å². The van der Waals surface area contributed by atoms with Gasteiger partial charge in [-0.2, -0.15) is 0 Å². The van der Waals surface area contributed by atoms with Crippen LogP contribution in [0.1, 0.15) is 12.5 Å². The first-order valence-corrected chi connectivity index (χ1v) is 9.39. The van der Waals surface area contributed by atoms with E-state index in [0.29, 0.717) is 0 Å². The van der Waals surface area contributed by atoms with Crippen molar-refractivity contribution < 1.29 is 4.74 Å². The van der Waals surface area contributed by atoms with Crippen molar-refractivity contribution in [1.82, 2.24) is 0 Å². The molecule has 0 aromatic heterocycles. The van der Waals surface area contributed by atoms with E-state index in [2.05, 4.69) is 61.2 Å². The summed E-state index contributed by atoms with van der Waals surface area (Å²) in [6.07, 6.45) is 1.06. The van der Waals surface area contributed by atoms with Crippen molar-refractivity contribution in [2.24, 2.45) is 0 Å². The van der Waals surface area contributed by atoms with Gasteiger partial charge in [-0.25, -0.2) is 0 Å². The van der Waals surface area contributed by atoms with E-state index in [9.17, 15) is 0 Å². The molecule has 0 spiro atoms. The zero-order chi connectivity index (χ0) is 13.5. The van der Waals surface area contributed by atoms with Crippen molar-refractivity contribution in [3.05, 3.63) is 54.1 Å². The minimum atomic E-state index is -0.315. The Bertz CT molecular complexity index is 510. The second-order valence-corrected chi connectivity index (χ2v) is 7.72. The molecule has 0 fully saturated rings. The molecule has 0 aliphatic heterocycles. The summed E-state index contributed by atoms with van der Waals surface area (Å²) in [5, 5.41) is 0. The van der Waals surface area contributed by atoms with Crippen LogP contribution in [0.5, 0.6) is 5.75 Å². The number of benzene rings is 2. The molecule has 100 valence electrons. The van der Waals surface area contributed by atoms with E-state index in [4.69, 9.17) is 4.74 Å². The van der Waals surface area contributed by atoms with Gasteiger partial charge in [0.1, 0.15) is 0 Å². The summed E-state index contributed by atoms with van der Waals surface area (Å²) in [7, 11) is 0. The third kappa shape index (κ3) is 4.45. The zero-order valence-electron chi connectivity index (χ0n) is 11.0. The summed E-state index contributed by atoms with van der Waals surface area (Å²) < 4.78 is 8.44. The number of rotatable bonds is 6. The molecule has 0 bridgehead atoms. The first-order valence-electron chi connectivity index (χ1n) is 6.43. The van der Waals surface area contributed by atoms with Crippen LogP contribution >= 0.6 is 12.6 Å². The maximum atomic E-state index is 5.48. The second-order valence-electron chi connectivity index (χ2n) is 4.09. The van der Waals surface area contributed by atoms with Crippen molar-refractivity contribution >= 4 is 40.8 Å². The van der Waals surface area contributed by atoms with E-state index in [1.54, 1.807) is 0 Å². The summed E-state index contributed by atoms with van der Waals surface area (Å²) >= 11 is 4.03. The number of thiol groups is 1. The molecular weight excluding hydrogens is 368 g/mol. The standard InChI is InChI=1S/C16H18OSTe/c1-2-17-14-7-9-15(10-8-14)19-16-6-4-3-5-13(16)11-12-18/h3-10,18H,2,11-12H2,1H3. The monoisotopic (exact) mass is 388 g/mol. The third-order valence-electron chi connectivity index (χ3n) is 2.72. The SMILES string of the molecule is CCOc1ccc([Te]c2ccccc2CCS)cc1. The van der Waals surface area contributed by atoms with Gasteiger partial charge in [0, 0.05) is 0 Å². The Kier molecular flexibility index (Phi) is 6.10. The van der Waals surface area contributed by atoms with Gasteiger partial charge in [-0.05, 0) is 0 Å². The van der Waals surface area contributed by atoms with Gasteiger partial charge < -0.3 is 0 Å². The van der Waals surface area contributed by atoms with Gasteiger partial charge in [0.25, 0.3) is 0 Å². The molecule has 3 heteroatoms. The summed E-state index contributed by atoms with van der Waals surface area (Å²) in [4.78, 5) is 0. The molecule has 1 nitrogen and oxygen atoms in total. The van der Waals surface area contributed by atoms with Gasteiger partial charge in [0.05, 0.1) is 0 Å². The molecular formula is C16H18OSTe. The van der Waals surface area contributed by atoms with E-state index in [1.807, 2.05) is 6.92 Å². The van der Waals surface area contributed by atoms with Gasteiger partial charge >= 0.3 is 131 Å². The molecule has 0 atom stereocenters. The molecule has 0 saturated carbocycles. The number of aryl methyl sites for hydroxylation is 1. The van der Waals surface area contributed by atoms with E-state index >= 15 is 0 Å². The molecule has 0 amide bonds. The van der Waals surface area contributed by atoms with Crippen molar-refractivity contribution in [2.45, 2.75) is 13.3 Å². The van der Waals surface area contributed by atoms with Gasteiger partial charge in [-0.1, -0.05) is 0 Å². The van der Waals surface area contributed by atoms with Gasteiger partial charge in [0.15, 0.2) is 0 Å². The summed E-state index contributed by atoms with van der Waals surface area (Å²) in [6, 6.07) is 17.3. The van der Waals surface area contributed by atoms with Crippen LogP contribution in [-0.2, 0) is 6.42 Å². The Morgan fingerprint density at radius 3 is 2.47 bits per heavy atom. The fraction of sp³-hybridized carbons (Fsp3) is 0.250. The third-order valence-corrected chi connectivity index (χ3v) is 6.15. The van der Waals surface area contributed by atoms with Crippen molar-refractivity contribution in [3.63, 3.8) is 0 Å². The van der Waals surface area contributed by atoms with E-state index in [1.165, 1.54) is 12.8 Å². The summed E-state index contributed by atoms with van der Waals surface area (Å²) in [5.41, 5.74) is 1.45. The minimum absolute atomic E-state index is 0.315. The van der Waals surface area contributed by atoms with Gasteiger partial charge in [-0.3, -0.25) is 0 Å². The fourth-order valence-corrected chi connectivity index (χ4v) is 4.85. The van der Waals surface area contributed by atoms with E-state index < -0.39 is 0 Å². The Hall–Kier alpha value is -0.620. The fourth-order valence-electron chi connectivity index (χ4n) is 1.83. The maximum absolute atomic E-state index is 5.48. The first kappa shape index (κ1) is 14.8. The summed E-state index contributed by atoms with van der Waals surface area (Å²) in [6.45, 7) is 2.73. The molecule has 2 aromatic carbocycles. The Morgan fingerprint density at radius 1 is 1.05 bits per heavy atom. The van der Waals surface area contributed by atoms with Crippen molar-refractivity contribution in [1.29, 1.82) is 0 Å². The Morgan fingerprint density at radius 2 is 1.79 bits per heavy atom. The van der Waals surface area contributed by atoms with Gasteiger partial charge in [-0.15, -0.1) is 0 Å². The zero-order valence-corrected chi connectivity index (χ0v) is 14.2. The number of hydrogen-bond acceptors (Lipinski definition) is 2. The van der Waals surface area contributed by atoms with Crippen LogP contribution in [0, 0.1) is 0 Å². The van der Waals surface area contributed by atoms with Crippen molar-refractivity contribution in [2.75, 3.05) is 12.4 Å². The van der Waals surface area contributed by atoms with Crippen LogP contribution in [-0.4, -0.2) is 33.3 Å². The molecule has 0 aliphatic rings. The predicted molar refractivity (Wildman–Crippen MR) is 86.6 cm³/mol. The average molecular weight is 386 g/mol. The van der Waals surface area contributed by atoms with Crippen LogP contribution in [0.25, 0.3) is 0 Å². The van der Waals surface area contributed by atoms with Crippen molar-refractivity contribution in [3.8, 4) is 5.75 Å². The van der Waals surface area contributed by atoms with E-state index in [0.717, 1.165) is 24.5 Å². The number of hydrogen-bond donors (Lipinski definition) is 1. The van der Waals surface area contributed by atoms with Crippen LogP contribution < -0.4 is 12.0 Å². The van der Waals surface area contributed by atoms with Crippen LogP contribution in [0.2, 0.25) is 0 Å². The molecule has 0 unspecified atom stereocenters. The Balaban J connectivity index is 2.12. The first-order chi connectivity index (χ1) is 9.33. The van der Waals surface area contributed by atoms with Crippen LogP contribution in [0.4, 0.5) is 0 Å². The quantitative estimate of drug-likeness (QED) is 0.592. The Labute approximate surface area is 130 Å². The van der Waals surface area contributed by atoms with Crippen LogP contribution in [0.3, 0.4) is 0 Å². The molecule has 0 heterocycles. The molecule has 2 rings (SSSR count). The second kappa shape index (κ2) is 7.85. The van der Waals surface area contributed by atoms with Gasteiger partial charge in [0.2, 0.25) is 0 Å². The number of ether oxygens (including phenoxy) is 1. The summed E-state index contributed by atoms with van der Waals surface area (Å²) in [5.74, 6) is 1.87. The molecule has 19 heavy (non-hydrogen) atoms. The average Bonchev–Trinajstić information content (AvgIpc) is 2.44. The predicted octanol–water partition coefficient (Wildman–Crippen LogP) is 2.21. The molecule has 0 saturated heterocycles. The molecule has 0 aliphatic carbocycles.